The van der Waals surface area contributed by atoms with E-state index in [1.165, 1.54) is 0 Å². The summed E-state index contributed by atoms with van der Waals surface area (Å²) in [5.41, 5.74) is 7.32. The fourth-order valence-electron chi connectivity index (χ4n) is 1.53. The Hall–Kier alpha value is -1.71. The fourth-order valence-corrected chi connectivity index (χ4v) is 1.53. The molecule has 4 nitrogen and oxygen atoms in total. The van der Waals surface area contributed by atoms with E-state index in [0.29, 0.717) is 11.4 Å². The van der Waals surface area contributed by atoms with Crippen LogP contribution in [-0.4, -0.2) is 18.1 Å². The van der Waals surface area contributed by atoms with E-state index in [0.717, 1.165) is 12.0 Å². The molecule has 0 spiro atoms. The highest BCUT2D eigenvalue weighted by atomic mass is 16.5. The van der Waals surface area contributed by atoms with Gasteiger partial charge >= 0.3 is 0 Å². The first-order chi connectivity index (χ1) is 8.45. The molecular weight excluding hydrogens is 228 g/mol. The third kappa shape index (κ3) is 3.65. The number of nitrogens with two attached hydrogens (primary N) is 1. The van der Waals surface area contributed by atoms with Crippen molar-refractivity contribution < 1.29 is 9.53 Å². The molecular formula is C14H22N2O2. The van der Waals surface area contributed by atoms with Crippen LogP contribution in [0.4, 0.5) is 5.69 Å². The predicted octanol–water partition coefficient (Wildman–Crippen LogP) is 2.26. The van der Waals surface area contributed by atoms with E-state index in [1.807, 2.05) is 32.9 Å². The van der Waals surface area contributed by atoms with Crippen LogP contribution in [0.2, 0.25) is 0 Å². The lowest BCUT2D eigenvalue weighted by atomic mass is 10.2. The highest BCUT2D eigenvalue weighted by molar-refractivity contribution is 5.81. The molecule has 0 fully saturated rings. The lowest BCUT2D eigenvalue weighted by Gasteiger charge is -2.19. The largest absolute Gasteiger partial charge is 0.478 e. The van der Waals surface area contributed by atoms with Crippen LogP contribution in [0, 0.1) is 6.92 Å². The number of para-hydroxylation sites is 1. The standard InChI is InChI=1S/C14H22N2O2/c1-5-10(3)16-14(17)11(4)18-13-9(2)7-6-8-12(13)15/h6-8,10-11H,5,15H2,1-4H3,(H,16,17). The molecule has 0 bridgehead atoms. The van der Waals surface area contributed by atoms with Crippen molar-refractivity contribution in [1.29, 1.82) is 0 Å². The zero-order chi connectivity index (χ0) is 13.7. The summed E-state index contributed by atoms with van der Waals surface area (Å²) in [5.74, 6) is 0.469. The lowest BCUT2D eigenvalue weighted by molar-refractivity contribution is -0.127. The molecule has 100 valence electrons. The smallest absolute Gasteiger partial charge is 0.260 e. The summed E-state index contributed by atoms with van der Waals surface area (Å²) in [7, 11) is 0. The van der Waals surface area contributed by atoms with E-state index >= 15 is 0 Å². The number of nitrogens with one attached hydrogen (secondary N) is 1. The van der Waals surface area contributed by atoms with Gasteiger partial charge in [0.05, 0.1) is 5.69 Å². The Bertz CT molecular complexity index is 398. The van der Waals surface area contributed by atoms with Gasteiger partial charge in [0.15, 0.2) is 6.10 Å². The number of carbonyl (C=O) groups excluding carboxylic acids is 1. The topological polar surface area (TPSA) is 64.3 Å². The summed E-state index contributed by atoms with van der Waals surface area (Å²) in [6.07, 6.45) is 0.340. The minimum Gasteiger partial charge on any atom is -0.478 e. The molecule has 2 atom stereocenters. The highest BCUT2D eigenvalue weighted by Crippen LogP contribution is 2.26. The molecule has 0 saturated heterocycles. The lowest BCUT2D eigenvalue weighted by Crippen LogP contribution is -2.41. The first-order valence-corrected chi connectivity index (χ1v) is 6.27. The zero-order valence-corrected chi connectivity index (χ0v) is 11.5. The van der Waals surface area contributed by atoms with Crippen molar-refractivity contribution in [2.45, 2.75) is 46.3 Å². The van der Waals surface area contributed by atoms with Crippen molar-refractivity contribution in [2.75, 3.05) is 5.73 Å². The number of hydrogen-bond donors (Lipinski definition) is 2. The summed E-state index contributed by atoms with van der Waals surface area (Å²) in [4.78, 5) is 11.9. The summed E-state index contributed by atoms with van der Waals surface area (Å²) in [6, 6.07) is 5.69. The fraction of sp³-hybridized carbons (Fsp3) is 0.500. The second-order valence-corrected chi connectivity index (χ2v) is 4.57. The number of rotatable bonds is 5. The Labute approximate surface area is 109 Å². The molecule has 18 heavy (non-hydrogen) atoms. The van der Waals surface area contributed by atoms with Gasteiger partial charge in [-0.25, -0.2) is 0 Å². The van der Waals surface area contributed by atoms with Crippen LogP contribution in [0.15, 0.2) is 18.2 Å². The molecule has 1 aromatic rings. The van der Waals surface area contributed by atoms with Crippen LogP contribution >= 0.6 is 0 Å². The molecule has 0 aliphatic carbocycles. The predicted molar refractivity (Wildman–Crippen MR) is 73.6 cm³/mol. The quantitative estimate of drug-likeness (QED) is 0.788. The number of carbonyl (C=O) groups is 1. The Morgan fingerprint density at radius 1 is 1.44 bits per heavy atom. The molecule has 0 aliphatic heterocycles. The molecule has 2 unspecified atom stereocenters. The second-order valence-electron chi connectivity index (χ2n) is 4.57. The number of aryl methyl sites for hydroxylation is 1. The number of nitrogen functional groups attached to an aromatic ring is 1. The Morgan fingerprint density at radius 2 is 2.11 bits per heavy atom. The van der Waals surface area contributed by atoms with E-state index in [2.05, 4.69) is 5.32 Å². The van der Waals surface area contributed by atoms with Gasteiger partial charge in [0, 0.05) is 6.04 Å². The number of hydrogen-bond acceptors (Lipinski definition) is 3. The van der Waals surface area contributed by atoms with E-state index in [4.69, 9.17) is 10.5 Å². The van der Waals surface area contributed by atoms with E-state index in [1.54, 1.807) is 13.0 Å². The summed E-state index contributed by atoms with van der Waals surface area (Å²) < 4.78 is 5.65. The van der Waals surface area contributed by atoms with Gasteiger partial charge in [0.2, 0.25) is 0 Å². The van der Waals surface area contributed by atoms with Gasteiger partial charge in [0.1, 0.15) is 5.75 Å². The Kier molecular flexibility index (Phi) is 5.01. The average molecular weight is 250 g/mol. The van der Waals surface area contributed by atoms with Gasteiger partial charge in [-0.05, 0) is 38.8 Å². The van der Waals surface area contributed by atoms with Gasteiger partial charge < -0.3 is 15.8 Å². The molecule has 0 aliphatic rings. The van der Waals surface area contributed by atoms with Crippen molar-refractivity contribution in [3.8, 4) is 5.75 Å². The van der Waals surface area contributed by atoms with Gasteiger partial charge in [-0.2, -0.15) is 0 Å². The minimum absolute atomic E-state index is 0.119. The number of ether oxygens (including phenoxy) is 1. The van der Waals surface area contributed by atoms with Crippen LogP contribution < -0.4 is 15.8 Å². The van der Waals surface area contributed by atoms with Crippen LogP contribution in [0.25, 0.3) is 0 Å². The van der Waals surface area contributed by atoms with E-state index in [9.17, 15) is 4.79 Å². The molecule has 1 aromatic carbocycles. The third-order valence-corrected chi connectivity index (χ3v) is 2.91. The van der Waals surface area contributed by atoms with Crippen LogP contribution in [0.3, 0.4) is 0 Å². The SMILES string of the molecule is CCC(C)NC(=O)C(C)Oc1c(C)cccc1N. The number of amides is 1. The maximum atomic E-state index is 11.9. The number of benzene rings is 1. The summed E-state index contributed by atoms with van der Waals surface area (Å²) >= 11 is 0. The maximum Gasteiger partial charge on any atom is 0.260 e. The van der Waals surface area contributed by atoms with Crippen LogP contribution in [0.5, 0.6) is 5.75 Å². The minimum atomic E-state index is -0.553. The van der Waals surface area contributed by atoms with Crippen molar-refractivity contribution >= 4 is 11.6 Å². The summed E-state index contributed by atoms with van der Waals surface area (Å²) in [6.45, 7) is 7.62. The van der Waals surface area contributed by atoms with Crippen molar-refractivity contribution in [3.05, 3.63) is 23.8 Å². The molecule has 0 aromatic heterocycles. The molecule has 3 N–H and O–H groups in total. The first-order valence-electron chi connectivity index (χ1n) is 6.27. The van der Waals surface area contributed by atoms with Gasteiger partial charge in [-0.1, -0.05) is 19.1 Å². The number of anilines is 1. The molecule has 0 heterocycles. The van der Waals surface area contributed by atoms with Crippen LogP contribution in [-0.2, 0) is 4.79 Å². The van der Waals surface area contributed by atoms with Crippen molar-refractivity contribution in [1.82, 2.24) is 5.32 Å². The maximum absolute atomic E-state index is 11.9. The Morgan fingerprint density at radius 3 is 2.67 bits per heavy atom. The molecule has 1 amide bonds. The van der Waals surface area contributed by atoms with E-state index < -0.39 is 6.10 Å². The molecule has 4 heteroatoms. The molecule has 0 radical (unpaired) electrons. The molecule has 0 saturated carbocycles. The zero-order valence-electron chi connectivity index (χ0n) is 11.5. The second kappa shape index (κ2) is 6.28. The average Bonchev–Trinajstić information content (AvgIpc) is 2.33. The van der Waals surface area contributed by atoms with Crippen molar-refractivity contribution in [2.24, 2.45) is 0 Å². The monoisotopic (exact) mass is 250 g/mol. The van der Waals surface area contributed by atoms with Crippen LogP contribution in [0.1, 0.15) is 32.8 Å². The molecule has 1 rings (SSSR count). The van der Waals surface area contributed by atoms with E-state index in [-0.39, 0.29) is 11.9 Å². The van der Waals surface area contributed by atoms with Gasteiger partial charge in [0.25, 0.3) is 5.91 Å². The third-order valence-electron chi connectivity index (χ3n) is 2.91. The highest BCUT2D eigenvalue weighted by Gasteiger charge is 2.18. The summed E-state index contributed by atoms with van der Waals surface area (Å²) in [5, 5.41) is 2.88. The van der Waals surface area contributed by atoms with Crippen molar-refractivity contribution in [3.63, 3.8) is 0 Å². The first kappa shape index (κ1) is 14.4. The van der Waals surface area contributed by atoms with Gasteiger partial charge in [-0.3, -0.25) is 4.79 Å². The van der Waals surface area contributed by atoms with Gasteiger partial charge in [-0.15, -0.1) is 0 Å². The Balaban J connectivity index is 2.70. The normalized spacial score (nSPS) is 13.8.